The highest BCUT2D eigenvalue weighted by molar-refractivity contribution is 6.31. The molecular formula is C17H17ClN2O3. The van der Waals surface area contributed by atoms with E-state index >= 15 is 0 Å². The number of ether oxygens (including phenoxy) is 1. The van der Waals surface area contributed by atoms with Crippen molar-refractivity contribution in [3.05, 3.63) is 58.6 Å². The molecule has 0 aliphatic heterocycles. The Hall–Kier alpha value is -2.53. The lowest BCUT2D eigenvalue weighted by Gasteiger charge is -2.10. The molecule has 0 bridgehead atoms. The zero-order valence-electron chi connectivity index (χ0n) is 12.6. The molecule has 0 aliphatic carbocycles. The number of para-hydroxylation sites is 1. The van der Waals surface area contributed by atoms with Gasteiger partial charge < -0.3 is 15.8 Å². The zero-order chi connectivity index (χ0) is 16.8. The molecule has 5 nitrogen and oxygen atoms in total. The molecule has 0 radical (unpaired) electrons. The molecule has 0 heterocycles. The summed E-state index contributed by atoms with van der Waals surface area (Å²) in [4.78, 5) is 23.9. The molecule has 0 saturated heterocycles. The summed E-state index contributed by atoms with van der Waals surface area (Å²) in [6.45, 7) is 1.59. The Bertz CT molecular complexity index is 732. The van der Waals surface area contributed by atoms with Crippen molar-refractivity contribution in [1.29, 1.82) is 0 Å². The Labute approximate surface area is 139 Å². The summed E-state index contributed by atoms with van der Waals surface area (Å²) in [6, 6.07) is 11.9. The predicted molar refractivity (Wildman–Crippen MR) is 90.6 cm³/mol. The number of nitrogen functional groups attached to an aromatic ring is 1. The Morgan fingerprint density at radius 3 is 2.70 bits per heavy atom. The Balaban J connectivity index is 1.96. The fourth-order valence-corrected chi connectivity index (χ4v) is 2.22. The third kappa shape index (κ3) is 4.47. The van der Waals surface area contributed by atoms with Crippen molar-refractivity contribution in [1.82, 2.24) is 0 Å². The zero-order valence-corrected chi connectivity index (χ0v) is 13.4. The Kier molecular flexibility index (Phi) is 5.60. The number of nitrogens with two attached hydrogens (primary N) is 1. The molecule has 23 heavy (non-hydrogen) atoms. The molecule has 0 fully saturated rings. The minimum Gasteiger partial charge on any atom is -0.452 e. The first-order chi connectivity index (χ1) is 11.0. The Morgan fingerprint density at radius 1 is 1.22 bits per heavy atom. The molecule has 0 spiro atoms. The van der Waals surface area contributed by atoms with Gasteiger partial charge in [0.05, 0.1) is 5.56 Å². The van der Waals surface area contributed by atoms with Gasteiger partial charge in [0.15, 0.2) is 6.61 Å². The standard InChI is InChI=1S/C17H17ClN2O3/c1-2-11-5-3-4-6-15(11)20-16(21)10-23-17(22)13-9-12(18)7-8-14(13)19/h3-9H,2,10,19H2,1H3,(H,20,21). The summed E-state index contributed by atoms with van der Waals surface area (Å²) in [7, 11) is 0. The van der Waals surface area contributed by atoms with E-state index in [-0.39, 0.29) is 11.3 Å². The molecular weight excluding hydrogens is 316 g/mol. The first-order valence-electron chi connectivity index (χ1n) is 7.11. The van der Waals surface area contributed by atoms with Crippen molar-refractivity contribution < 1.29 is 14.3 Å². The molecule has 120 valence electrons. The smallest absolute Gasteiger partial charge is 0.340 e. The third-order valence-electron chi connectivity index (χ3n) is 3.24. The maximum absolute atomic E-state index is 12.0. The lowest BCUT2D eigenvalue weighted by atomic mass is 10.1. The van der Waals surface area contributed by atoms with Gasteiger partial charge in [-0.1, -0.05) is 36.7 Å². The van der Waals surface area contributed by atoms with Crippen molar-refractivity contribution in [3.63, 3.8) is 0 Å². The number of carbonyl (C=O) groups excluding carboxylic acids is 2. The topological polar surface area (TPSA) is 81.4 Å². The number of anilines is 2. The highest BCUT2D eigenvalue weighted by atomic mass is 35.5. The van der Waals surface area contributed by atoms with Gasteiger partial charge in [-0.3, -0.25) is 4.79 Å². The number of amides is 1. The second-order valence-electron chi connectivity index (χ2n) is 4.87. The fraction of sp³-hybridized carbons (Fsp3) is 0.176. The minimum absolute atomic E-state index is 0.138. The molecule has 3 N–H and O–H groups in total. The van der Waals surface area contributed by atoms with Crippen LogP contribution in [0.2, 0.25) is 5.02 Å². The van der Waals surface area contributed by atoms with Crippen molar-refractivity contribution in [2.75, 3.05) is 17.7 Å². The van der Waals surface area contributed by atoms with Crippen LogP contribution >= 0.6 is 11.6 Å². The lowest BCUT2D eigenvalue weighted by molar-refractivity contribution is -0.119. The number of benzene rings is 2. The highest BCUT2D eigenvalue weighted by Gasteiger charge is 2.14. The quantitative estimate of drug-likeness (QED) is 0.650. The second kappa shape index (κ2) is 7.65. The van der Waals surface area contributed by atoms with Crippen molar-refractivity contribution in [2.24, 2.45) is 0 Å². The van der Waals surface area contributed by atoms with Crippen LogP contribution in [0.25, 0.3) is 0 Å². The van der Waals surface area contributed by atoms with E-state index in [9.17, 15) is 9.59 Å². The van der Waals surface area contributed by atoms with Crippen molar-refractivity contribution in [3.8, 4) is 0 Å². The molecule has 0 aromatic heterocycles. The number of halogens is 1. The predicted octanol–water partition coefficient (Wildman–Crippen LogP) is 3.28. The molecule has 0 saturated carbocycles. The average Bonchev–Trinajstić information content (AvgIpc) is 2.55. The van der Waals surface area contributed by atoms with E-state index in [0.29, 0.717) is 10.7 Å². The van der Waals surface area contributed by atoms with Crippen LogP contribution in [0.3, 0.4) is 0 Å². The van der Waals surface area contributed by atoms with E-state index in [1.54, 1.807) is 12.1 Å². The maximum atomic E-state index is 12.0. The molecule has 0 unspecified atom stereocenters. The number of carbonyl (C=O) groups is 2. The highest BCUT2D eigenvalue weighted by Crippen LogP contribution is 2.19. The molecule has 1 amide bonds. The number of hydrogen-bond donors (Lipinski definition) is 2. The van der Waals surface area contributed by atoms with Crippen molar-refractivity contribution in [2.45, 2.75) is 13.3 Å². The van der Waals surface area contributed by atoms with Gasteiger partial charge in [0, 0.05) is 16.4 Å². The SMILES string of the molecule is CCc1ccccc1NC(=O)COC(=O)c1cc(Cl)ccc1N. The largest absolute Gasteiger partial charge is 0.452 e. The number of hydrogen-bond acceptors (Lipinski definition) is 4. The summed E-state index contributed by atoms with van der Waals surface area (Å²) < 4.78 is 4.98. The van der Waals surface area contributed by atoms with Crippen LogP contribution in [0.4, 0.5) is 11.4 Å². The third-order valence-corrected chi connectivity index (χ3v) is 3.48. The van der Waals surface area contributed by atoms with Gasteiger partial charge >= 0.3 is 5.97 Å². The Morgan fingerprint density at radius 2 is 1.96 bits per heavy atom. The molecule has 2 aromatic carbocycles. The number of aryl methyl sites for hydroxylation is 1. The summed E-state index contributed by atoms with van der Waals surface area (Å²) in [6.07, 6.45) is 0.787. The van der Waals surface area contributed by atoms with Gasteiger partial charge in [0.1, 0.15) is 0 Å². The van der Waals surface area contributed by atoms with Crippen LogP contribution in [0.15, 0.2) is 42.5 Å². The van der Waals surface area contributed by atoms with E-state index in [2.05, 4.69) is 5.32 Å². The monoisotopic (exact) mass is 332 g/mol. The summed E-state index contributed by atoms with van der Waals surface area (Å²) in [5.41, 5.74) is 7.80. The number of rotatable bonds is 5. The van der Waals surface area contributed by atoms with E-state index in [1.807, 2.05) is 25.1 Å². The average molecular weight is 333 g/mol. The van der Waals surface area contributed by atoms with Crippen LogP contribution < -0.4 is 11.1 Å². The molecule has 2 aromatic rings. The van der Waals surface area contributed by atoms with E-state index in [0.717, 1.165) is 12.0 Å². The van der Waals surface area contributed by atoms with Gasteiger partial charge in [-0.25, -0.2) is 4.79 Å². The van der Waals surface area contributed by atoms with Gasteiger partial charge in [-0.15, -0.1) is 0 Å². The fourth-order valence-electron chi connectivity index (χ4n) is 2.05. The molecule has 6 heteroatoms. The van der Waals surface area contributed by atoms with Crippen LogP contribution in [0.5, 0.6) is 0 Å². The van der Waals surface area contributed by atoms with Crippen LogP contribution in [-0.4, -0.2) is 18.5 Å². The van der Waals surface area contributed by atoms with Gasteiger partial charge in [-0.2, -0.15) is 0 Å². The van der Waals surface area contributed by atoms with Crippen LogP contribution in [0, 0.1) is 0 Å². The summed E-state index contributed by atoms with van der Waals surface area (Å²) in [5.74, 6) is -1.11. The van der Waals surface area contributed by atoms with E-state index < -0.39 is 18.5 Å². The molecule has 0 atom stereocenters. The van der Waals surface area contributed by atoms with E-state index in [1.165, 1.54) is 12.1 Å². The molecule has 0 aliphatic rings. The first kappa shape index (κ1) is 16.8. The number of esters is 1. The van der Waals surface area contributed by atoms with Gasteiger partial charge in [0.25, 0.3) is 5.91 Å². The molecule has 2 rings (SSSR count). The second-order valence-corrected chi connectivity index (χ2v) is 5.30. The first-order valence-corrected chi connectivity index (χ1v) is 7.49. The van der Waals surface area contributed by atoms with Crippen LogP contribution in [-0.2, 0) is 16.0 Å². The summed E-state index contributed by atoms with van der Waals surface area (Å²) in [5, 5.41) is 3.09. The van der Waals surface area contributed by atoms with E-state index in [4.69, 9.17) is 22.1 Å². The maximum Gasteiger partial charge on any atom is 0.340 e. The lowest BCUT2D eigenvalue weighted by Crippen LogP contribution is -2.22. The summed E-state index contributed by atoms with van der Waals surface area (Å²) >= 11 is 5.82. The van der Waals surface area contributed by atoms with Gasteiger partial charge in [-0.05, 0) is 36.2 Å². The normalized spacial score (nSPS) is 10.2. The number of nitrogens with one attached hydrogen (secondary N) is 1. The minimum atomic E-state index is -0.691. The van der Waals surface area contributed by atoms with Crippen molar-refractivity contribution >= 4 is 34.9 Å². The van der Waals surface area contributed by atoms with Crippen LogP contribution in [0.1, 0.15) is 22.8 Å². The van der Waals surface area contributed by atoms with Gasteiger partial charge in [0.2, 0.25) is 0 Å².